The fourth-order valence-corrected chi connectivity index (χ4v) is 3.18. The lowest BCUT2D eigenvalue weighted by Gasteiger charge is -2.36. The first kappa shape index (κ1) is 15.1. The van der Waals surface area contributed by atoms with Crippen molar-refractivity contribution in [2.75, 3.05) is 20.3 Å². The molecule has 5 heteroatoms. The molecule has 1 fully saturated rings. The van der Waals surface area contributed by atoms with Crippen molar-refractivity contribution in [1.29, 1.82) is 0 Å². The van der Waals surface area contributed by atoms with Gasteiger partial charge in [0.15, 0.2) is 0 Å². The number of ether oxygens (including phenoxy) is 1. The van der Waals surface area contributed by atoms with Crippen LogP contribution in [0.2, 0.25) is 0 Å². The number of aryl methyl sites for hydroxylation is 1. The molecule has 0 amide bonds. The number of methoxy groups -OCH3 is 1. The fraction of sp³-hybridized carbons (Fsp3) is 0.667. The molecule has 0 aromatic carbocycles. The van der Waals surface area contributed by atoms with E-state index in [-0.39, 0.29) is 18.1 Å². The van der Waals surface area contributed by atoms with Crippen LogP contribution in [0.1, 0.15) is 42.2 Å². The monoisotopic (exact) mass is 280 g/mol. The minimum Gasteiger partial charge on any atom is -0.464 e. The van der Waals surface area contributed by atoms with Crippen LogP contribution >= 0.6 is 0 Å². The summed E-state index contributed by atoms with van der Waals surface area (Å²) >= 11 is 0. The second-order valence-corrected chi connectivity index (χ2v) is 5.60. The van der Waals surface area contributed by atoms with Crippen molar-refractivity contribution >= 4 is 5.97 Å². The molecular formula is C15H24N2O3. The Bertz CT molecular complexity index is 477. The van der Waals surface area contributed by atoms with Crippen molar-refractivity contribution < 1.29 is 14.6 Å². The molecule has 1 aliphatic heterocycles. The van der Waals surface area contributed by atoms with Crippen LogP contribution in [0.3, 0.4) is 0 Å². The van der Waals surface area contributed by atoms with Gasteiger partial charge in [0.05, 0.1) is 13.7 Å². The van der Waals surface area contributed by atoms with E-state index in [4.69, 9.17) is 4.74 Å². The van der Waals surface area contributed by atoms with Crippen LogP contribution in [0.25, 0.3) is 0 Å². The number of esters is 1. The number of nitrogens with zero attached hydrogens (tertiary/aromatic N) is 2. The molecule has 0 spiro atoms. The highest BCUT2D eigenvalue weighted by atomic mass is 16.5. The van der Waals surface area contributed by atoms with E-state index < -0.39 is 0 Å². The Morgan fingerprint density at radius 2 is 2.30 bits per heavy atom. The van der Waals surface area contributed by atoms with Crippen molar-refractivity contribution in [3.05, 3.63) is 23.5 Å². The zero-order valence-corrected chi connectivity index (χ0v) is 12.6. The van der Waals surface area contributed by atoms with E-state index in [2.05, 4.69) is 11.8 Å². The average Bonchev–Trinajstić information content (AvgIpc) is 3.02. The molecule has 1 unspecified atom stereocenters. The first-order valence-electron chi connectivity index (χ1n) is 7.16. The van der Waals surface area contributed by atoms with Gasteiger partial charge in [0.1, 0.15) is 5.69 Å². The van der Waals surface area contributed by atoms with Crippen LogP contribution in [0.4, 0.5) is 0 Å². The van der Waals surface area contributed by atoms with Gasteiger partial charge in [-0.2, -0.15) is 0 Å². The van der Waals surface area contributed by atoms with E-state index in [0.29, 0.717) is 5.69 Å². The maximum Gasteiger partial charge on any atom is 0.354 e. The van der Waals surface area contributed by atoms with E-state index >= 15 is 0 Å². The van der Waals surface area contributed by atoms with Crippen LogP contribution < -0.4 is 0 Å². The maximum atomic E-state index is 11.6. The largest absolute Gasteiger partial charge is 0.464 e. The first-order valence-corrected chi connectivity index (χ1v) is 7.16. The summed E-state index contributed by atoms with van der Waals surface area (Å²) in [6.45, 7) is 4.08. The number of carbonyl (C=O) groups is 1. The third-order valence-corrected chi connectivity index (χ3v) is 4.52. The topological polar surface area (TPSA) is 54.7 Å². The SMILES string of the molecule is CCC1(CO)CCCN1Cc1cc(C(=O)OC)n(C)c1. The molecular weight excluding hydrogens is 256 g/mol. The Kier molecular flexibility index (Phi) is 4.50. The lowest BCUT2D eigenvalue weighted by atomic mass is 9.94. The summed E-state index contributed by atoms with van der Waals surface area (Å²) in [5.74, 6) is -0.316. The molecule has 0 bridgehead atoms. The van der Waals surface area contributed by atoms with E-state index in [1.165, 1.54) is 7.11 Å². The number of aliphatic hydroxyl groups is 1. The van der Waals surface area contributed by atoms with Crippen LogP contribution in [0, 0.1) is 0 Å². The number of hydrogen-bond acceptors (Lipinski definition) is 4. The van der Waals surface area contributed by atoms with E-state index in [1.54, 1.807) is 4.57 Å². The number of aliphatic hydroxyl groups excluding tert-OH is 1. The molecule has 112 valence electrons. The standard InChI is InChI=1S/C15H24N2O3/c1-4-15(11-18)6-5-7-17(15)10-12-8-13(14(19)20-3)16(2)9-12/h8-9,18H,4-7,10-11H2,1-3H3. The number of aromatic nitrogens is 1. The van der Waals surface area contributed by atoms with Crippen LogP contribution in [-0.4, -0.2) is 46.3 Å². The van der Waals surface area contributed by atoms with Gasteiger partial charge in [0.2, 0.25) is 0 Å². The molecule has 0 radical (unpaired) electrons. The second-order valence-electron chi connectivity index (χ2n) is 5.60. The maximum absolute atomic E-state index is 11.6. The van der Waals surface area contributed by atoms with Gasteiger partial charge < -0.3 is 14.4 Å². The molecule has 5 nitrogen and oxygen atoms in total. The quantitative estimate of drug-likeness (QED) is 0.831. The Labute approximate surface area is 120 Å². The number of carbonyl (C=O) groups excluding carboxylic acids is 1. The number of likely N-dealkylation sites (tertiary alicyclic amines) is 1. The first-order chi connectivity index (χ1) is 9.56. The lowest BCUT2D eigenvalue weighted by molar-refractivity contribution is 0.0548. The minimum atomic E-state index is -0.316. The summed E-state index contributed by atoms with van der Waals surface area (Å²) in [5.41, 5.74) is 1.55. The zero-order valence-electron chi connectivity index (χ0n) is 12.6. The lowest BCUT2D eigenvalue weighted by Crippen LogP contribution is -2.45. The molecule has 0 aliphatic carbocycles. The summed E-state index contributed by atoms with van der Waals surface area (Å²) < 4.78 is 6.57. The van der Waals surface area contributed by atoms with Gasteiger partial charge in [-0.05, 0) is 37.4 Å². The average molecular weight is 280 g/mol. The number of rotatable bonds is 5. The van der Waals surface area contributed by atoms with Crippen molar-refractivity contribution in [2.24, 2.45) is 7.05 Å². The predicted octanol–water partition coefficient (Wildman–Crippen LogP) is 1.55. The number of hydrogen-bond donors (Lipinski definition) is 1. The summed E-state index contributed by atoms with van der Waals surface area (Å²) in [4.78, 5) is 14.0. The van der Waals surface area contributed by atoms with Gasteiger partial charge in [-0.3, -0.25) is 4.90 Å². The third kappa shape index (κ3) is 2.60. The summed E-state index contributed by atoms with van der Waals surface area (Å²) in [5, 5.41) is 9.73. The third-order valence-electron chi connectivity index (χ3n) is 4.52. The Morgan fingerprint density at radius 1 is 1.55 bits per heavy atom. The highest BCUT2D eigenvalue weighted by Gasteiger charge is 2.38. The van der Waals surface area contributed by atoms with Gasteiger partial charge in [-0.15, -0.1) is 0 Å². The highest BCUT2D eigenvalue weighted by Crippen LogP contribution is 2.33. The van der Waals surface area contributed by atoms with Gasteiger partial charge in [-0.1, -0.05) is 6.92 Å². The van der Waals surface area contributed by atoms with Crippen LogP contribution in [0.5, 0.6) is 0 Å². The van der Waals surface area contributed by atoms with Crippen molar-refractivity contribution in [3.63, 3.8) is 0 Å². The normalized spacial score (nSPS) is 23.2. The van der Waals surface area contributed by atoms with Crippen molar-refractivity contribution in [1.82, 2.24) is 9.47 Å². The molecule has 20 heavy (non-hydrogen) atoms. The Morgan fingerprint density at radius 3 is 2.90 bits per heavy atom. The van der Waals surface area contributed by atoms with Gasteiger partial charge in [0.25, 0.3) is 0 Å². The van der Waals surface area contributed by atoms with E-state index in [9.17, 15) is 9.90 Å². The fourth-order valence-electron chi connectivity index (χ4n) is 3.18. The molecule has 1 aromatic rings. The molecule has 1 aliphatic rings. The summed E-state index contributed by atoms with van der Waals surface area (Å²) in [7, 11) is 3.24. The van der Waals surface area contributed by atoms with Gasteiger partial charge in [0, 0.05) is 25.3 Å². The smallest absolute Gasteiger partial charge is 0.354 e. The van der Waals surface area contributed by atoms with Crippen molar-refractivity contribution in [2.45, 2.75) is 38.3 Å². The van der Waals surface area contributed by atoms with Crippen LogP contribution in [0.15, 0.2) is 12.3 Å². The van der Waals surface area contributed by atoms with Crippen molar-refractivity contribution in [3.8, 4) is 0 Å². The molecule has 2 rings (SSSR count). The molecule has 1 aromatic heterocycles. The predicted molar refractivity (Wildman–Crippen MR) is 76.5 cm³/mol. The zero-order chi connectivity index (χ0) is 14.8. The Balaban J connectivity index is 2.16. The molecule has 0 saturated carbocycles. The summed E-state index contributed by atoms with van der Waals surface area (Å²) in [6.07, 6.45) is 5.06. The molecule has 1 N–H and O–H groups in total. The summed E-state index contributed by atoms with van der Waals surface area (Å²) in [6, 6.07) is 1.88. The minimum absolute atomic E-state index is 0.0960. The molecule has 1 atom stereocenters. The Hall–Kier alpha value is -1.33. The molecule has 1 saturated heterocycles. The van der Waals surface area contributed by atoms with E-state index in [1.807, 2.05) is 19.3 Å². The molecule has 2 heterocycles. The highest BCUT2D eigenvalue weighted by molar-refractivity contribution is 5.87. The second kappa shape index (κ2) is 5.97. The van der Waals surface area contributed by atoms with E-state index in [0.717, 1.165) is 37.9 Å². The van der Waals surface area contributed by atoms with Crippen LogP contribution in [-0.2, 0) is 18.3 Å². The van der Waals surface area contributed by atoms with Gasteiger partial charge >= 0.3 is 5.97 Å². The van der Waals surface area contributed by atoms with Gasteiger partial charge in [-0.25, -0.2) is 4.79 Å².